The van der Waals surface area contributed by atoms with Crippen molar-refractivity contribution in [2.45, 2.75) is 31.5 Å². The predicted octanol–water partition coefficient (Wildman–Crippen LogP) is 2.51. The van der Waals surface area contributed by atoms with E-state index in [1.165, 1.54) is 9.80 Å². The van der Waals surface area contributed by atoms with Crippen LogP contribution in [0.1, 0.15) is 19.3 Å². The number of urea groups is 1. The molecule has 0 radical (unpaired) electrons. The van der Waals surface area contributed by atoms with Crippen molar-refractivity contribution in [2.24, 2.45) is 23.2 Å². The number of imide groups is 1. The summed E-state index contributed by atoms with van der Waals surface area (Å²) in [6, 6.07) is 8.26. The fraction of sp³-hybridized carbons (Fsp3) is 0.625. The van der Waals surface area contributed by atoms with Crippen LogP contribution in [0, 0.1) is 23.2 Å². The Morgan fingerprint density at radius 2 is 1.83 bits per heavy atom. The molecule has 188 valence electrons. The molecule has 3 aliphatic heterocycles. The van der Waals surface area contributed by atoms with Gasteiger partial charge in [-0.2, -0.15) is 13.2 Å². The van der Waals surface area contributed by atoms with E-state index in [-0.39, 0.29) is 17.8 Å². The van der Waals surface area contributed by atoms with Crippen molar-refractivity contribution in [2.75, 3.05) is 44.2 Å². The van der Waals surface area contributed by atoms with Crippen LogP contribution < -0.4 is 4.90 Å². The summed E-state index contributed by atoms with van der Waals surface area (Å²) in [5, 5.41) is 0.621. The highest BCUT2D eigenvalue weighted by atomic mass is 19.4. The number of rotatable bonds is 4. The lowest BCUT2D eigenvalue weighted by Gasteiger charge is -2.51. The third kappa shape index (κ3) is 3.66. The van der Waals surface area contributed by atoms with E-state index in [9.17, 15) is 27.6 Å². The molecule has 2 saturated carbocycles. The number of carbonyl (C=O) groups excluding carboxylic acids is 3. The number of halogens is 3. The van der Waals surface area contributed by atoms with Gasteiger partial charge in [0, 0.05) is 38.4 Å². The molecular weight excluding hydrogens is 465 g/mol. The highest BCUT2D eigenvalue weighted by Gasteiger charge is 2.66. The zero-order valence-corrected chi connectivity index (χ0v) is 19.1. The SMILES string of the molecule is O=C1C2CN(c3ccccc3)CCN2C(=O)N1OC(=O)C12CC3CC1C(CN(CC(F)(F)F)C3)C2. The van der Waals surface area contributed by atoms with Gasteiger partial charge in [0.2, 0.25) is 0 Å². The third-order valence-corrected chi connectivity index (χ3v) is 8.54. The lowest BCUT2D eigenvalue weighted by atomic mass is 9.55. The largest absolute Gasteiger partial charge is 0.401 e. The average Bonchev–Trinajstić information content (AvgIpc) is 3.16. The Morgan fingerprint density at radius 3 is 2.57 bits per heavy atom. The van der Waals surface area contributed by atoms with Gasteiger partial charge >= 0.3 is 18.2 Å². The van der Waals surface area contributed by atoms with Crippen LogP contribution >= 0.6 is 0 Å². The van der Waals surface area contributed by atoms with E-state index >= 15 is 0 Å². The molecule has 11 heteroatoms. The molecule has 3 heterocycles. The van der Waals surface area contributed by atoms with E-state index < -0.39 is 42.1 Å². The second-order valence-corrected chi connectivity index (χ2v) is 10.6. The quantitative estimate of drug-likeness (QED) is 0.602. The third-order valence-electron chi connectivity index (χ3n) is 8.54. The summed E-state index contributed by atoms with van der Waals surface area (Å²) >= 11 is 0. The summed E-state index contributed by atoms with van der Waals surface area (Å²) in [7, 11) is 0. The van der Waals surface area contributed by atoms with E-state index in [1.807, 2.05) is 35.2 Å². The Labute approximate surface area is 200 Å². The number of piperazine rings is 1. The van der Waals surface area contributed by atoms with Gasteiger partial charge in [0.1, 0.15) is 6.04 Å². The Morgan fingerprint density at radius 1 is 1.06 bits per heavy atom. The predicted molar refractivity (Wildman–Crippen MR) is 117 cm³/mol. The summed E-state index contributed by atoms with van der Waals surface area (Å²) < 4.78 is 38.7. The molecule has 2 bridgehead atoms. The van der Waals surface area contributed by atoms with Crippen molar-refractivity contribution in [3.05, 3.63) is 30.3 Å². The van der Waals surface area contributed by atoms with Gasteiger partial charge in [-0.05, 0) is 49.1 Å². The van der Waals surface area contributed by atoms with Crippen molar-refractivity contribution in [1.82, 2.24) is 14.9 Å². The van der Waals surface area contributed by atoms with Crippen LogP contribution in [-0.2, 0) is 14.4 Å². The number of amides is 3. The number of hydroxylamine groups is 2. The van der Waals surface area contributed by atoms with Crippen LogP contribution in [0.25, 0.3) is 0 Å². The normalized spacial score (nSPS) is 34.5. The minimum atomic E-state index is -4.25. The lowest BCUT2D eigenvalue weighted by Crippen LogP contribution is -2.56. The maximum atomic E-state index is 13.3. The monoisotopic (exact) mass is 492 g/mol. The molecule has 6 rings (SSSR count). The standard InChI is InChI=1S/C24H27F3N4O4/c25-24(26,27)14-28-11-15-8-18-16(12-28)10-23(18,9-15)21(33)35-31-20(32)19-13-29(6-7-30(19)22(31)34)17-4-2-1-3-5-17/h1-5,15-16,18-19H,6-14H2. The molecule has 1 aromatic carbocycles. The fourth-order valence-electron chi connectivity index (χ4n) is 7.17. The van der Waals surface area contributed by atoms with Crippen molar-refractivity contribution >= 4 is 23.6 Å². The molecule has 0 spiro atoms. The van der Waals surface area contributed by atoms with E-state index in [1.54, 1.807) is 0 Å². The number of nitrogens with zero attached hydrogens (tertiary/aromatic N) is 4. The minimum Gasteiger partial charge on any atom is -0.367 e. The highest BCUT2D eigenvalue weighted by molar-refractivity contribution is 6.04. The molecule has 5 fully saturated rings. The Balaban J connectivity index is 1.12. The Hall–Kier alpha value is -2.82. The number of fused-ring (bicyclic) bond motifs is 2. The maximum absolute atomic E-state index is 13.3. The van der Waals surface area contributed by atoms with Gasteiger partial charge in [-0.25, -0.2) is 9.59 Å². The van der Waals surface area contributed by atoms with Gasteiger partial charge in [-0.1, -0.05) is 23.3 Å². The molecule has 5 atom stereocenters. The van der Waals surface area contributed by atoms with Crippen LogP contribution in [0.4, 0.5) is 23.7 Å². The van der Waals surface area contributed by atoms with E-state index in [2.05, 4.69) is 0 Å². The van der Waals surface area contributed by atoms with Crippen LogP contribution in [0.15, 0.2) is 30.3 Å². The van der Waals surface area contributed by atoms with Crippen LogP contribution in [-0.4, -0.2) is 84.3 Å². The molecule has 5 unspecified atom stereocenters. The van der Waals surface area contributed by atoms with E-state index in [0.717, 1.165) is 5.69 Å². The van der Waals surface area contributed by atoms with Gasteiger partial charge in [0.05, 0.1) is 12.0 Å². The fourth-order valence-corrected chi connectivity index (χ4v) is 7.17. The number of benzene rings is 1. The minimum absolute atomic E-state index is 0.00635. The molecular formula is C24H27F3N4O4. The zero-order valence-electron chi connectivity index (χ0n) is 19.1. The molecule has 3 amide bonds. The summed E-state index contributed by atoms with van der Waals surface area (Å²) in [6.45, 7) is 0.890. The molecule has 0 N–H and O–H groups in total. The van der Waals surface area contributed by atoms with Gasteiger partial charge in [-0.15, -0.1) is 0 Å². The highest BCUT2D eigenvalue weighted by Crippen LogP contribution is 2.64. The van der Waals surface area contributed by atoms with Crippen molar-refractivity contribution < 1.29 is 32.4 Å². The van der Waals surface area contributed by atoms with Crippen LogP contribution in [0.3, 0.4) is 0 Å². The van der Waals surface area contributed by atoms with Gasteiger partial charge < -0.3 is 14.6 Å². The molecule has 0 aromatic heterocycles. The van der Waals surface area contributed by atoms with E-state index in [0.29, 0.717) is 57.0 Å². The molecule has 1 aromatic rings. The summed E-state index contributed by atoms with van der Waals surface area (Å²) in [5.41, 5.74) is 0.149. The van der Waals surface area contributed by atoms with Gasteiger partial charge in [0.15, 0.2) is 0 Å². The first-order valence-corrected chi connectivity index (χ1v) is 12.1. The van der Waals surface area contributed by atoms with Crippen molar-refractivity contribution in [1.29, 1.82) is 0 Å². The number of carbonyl (C=O) groups is 3. The topological polar surface area (TPSA) is 73.4 Å². The first-order valence-electron chi connectivity index (χ1n) is 12.1. The first-order chi connectivity index (χ1) is 16.6. The summed E-state index contributed by atoms with van der Waals surface area (Å²) in [5.74, 6) is -1.24. The van der Waals surface area contributed by atoms with E-state index in [4.69, 9.17) is 4.84 Å². The molecule has 3 saturated heterocycles. The second kappa shape index (κ2) is 7.84. The lowest BCUT2D eigenvalue weighted by molar-refractivity contribution is -0.207. The van der Waals surface area contributed by atoms with Crippen LogP contribution in [0.2, 0.25) is 0 Å². The van der Waals surface area contributed by atoms with Gasteiger partial charge in [0.25, 0.3) is 5.91 Å². The number of anilines is 1. The Bertz CT molecular complexity index is 1050. The Kier molecular flexibility index (Phi) is 5.07. The number of para-hydroxylation sites is 1. The van der Waals surface area contributed by atoms with Crippen LogP contribution in [0.5, 0.6) is 0 Å². The number of hydrogen-bond donors (Lipinski definition) is 0. The smallest absolute Gasteiger partial charge is 0.367 e. The number of hydrogen-bond acceptors (Lipinski definition) is 6. The van der Waals surface area contributed by atoms with Crippen molar-refractivity contribution in [3.8, 4) is 0 Å². The maximum Gasteiger partial charge on any atom is 0.401 e. The summed E-state index contributed by atoms with van der Waals surface area (Å²) in [4.78, 5) is 49.8. The average molecular weight is 492 g/mol. The number of likely N-dealkylation sites (tertiary alicyclic amines) is 1. The molecule has 2 aliphatic carbocycles. The summed E-state index contributed by atoms with van der Waals surface area (Å²) in [6.07, 6.45) is -2.70. The molecule has 35 heavy (non-hydrogen) atoms. The second-order valence-electron chi connectivity index (χ2n) is 10.6. The molecule has 8 nitrogen and oxygen atoms in total. The molecule has 5 aliphatic rings. The number of alkyl halides is 3. The van der Waals surface area contributed by atoms with Crippen molar-refractivity contribution in [3.63, 3.8) is 0 Å². The first kappa shape index (κ1) is 22.6. The zero-order chi connectivity index (χ0) is 24.5. The van der Waals surface area contributed by atoms with Gasteiger partial charge in [-0.3, -0.25) is 9.69 Å².